The van der Waals surface area contributed by atoms with Crippen LogP contribution in [0.4, 0.5) is 0 Å². The van der Waals surface area contributed by atoms with Gasteiger partial charge in [-0.3, -0.25) is 4.99 Å². The maximum atomic E-state index is 10.6. The highest BCUT2D eigenvalue weighted by Gasteiger charge is 2.37. The molecule has 0 amide bonds. The van der Waals surface area contributed by atoms with Gasteiger partial charge in [-0.2, -0.15) is 0 Å². The predicted molar refractivity (Wildman–Crippen MR) is 119 cm³/mol. The Morgan fingerprint density at radius 3 is 2.14 bits per heavy atom. The second-order valence-corrected chi connectivity index (χ2v) is 9.21. The highest BCUT2D eigenvalue weighted by molar-refractivity contribution is 5.98. The van der Waals surface area contributed by atoms with E-state index < -0.39 is 5.97 Å². The van der Waals surface area contributed by atoms with Crippen molar-refractivity contribution in [3.8, 4) is 0 Å². The van der Waals surface area contributed by atoms with Crippen molar-refractivity contribution in [3.63, 3.8) is 0 Å². The number of nitrogens with zero attached hydrogens (tertiary/aromatic N) is 1. The van der Waals surface area contributed by atoms with Crippen LogP contribution in [0.3, 0.4) is 0 Å². The van der Waals surface area contributed by atoms with Crippen molar-refractivity contribution >= 4 is 17.3 Å². The molecule has 0 radical (unpaired) electrons. The van der Waals surface area contributed by atoms with Crippen LogP contribution in [0.15, 0.2) is 47.6 Å². The summed E-state index contributed by atoms with van der Waals surface area (Å²) in [4.78, 5) is 15.0. The number of aryl methyl sites for hydroxylation is 1. The Morgan fingerprint density at radius 2 is 1.61 bits per heavy atom. The number of carbonyl (C=O) groups is 1. The molecule has 0 atom stereocenters. The average Bonchev–Trinajstić information content (AvgIpc) is 2.61. The van der Waals surface area contributed by atoms with Crippen LogP contribution in [0.25, 0.3) is 5.57 Å². The van der Waals surface area contributed by atoms with E-state index in [0.29, 0.717) is 5.71 Å². The molecule has 3 heteroatoms. The molecule has 0 spiro atoms. The molecule has 0 aliphatic heterocycles. The summed E-state index contributed by atoms with van der Waals surface area (Å²) in [6, 6.07) is 4.67. The van der Waals surface area contributed by atoms with Crippen molar-refractivity contribution in [1.82, 2.24) is 0 Å². The van der Waals surface area contributed by atoms with E-state index in [1.807, 2.05) is 6.92 Å². The van der Waals surface area contributed by atoms with Crippen LogP contribution in [0.1, 0.15) is 76.6 Å². The number of carboxylic acids is 1. The number of carboxylic acid groups (broad SMARTS) is 1. The fourth-order valence-corrected chi connectivity index (χ4v) is 3.77. The molecular weight excluding hydrogens is 346 g/mol. The van der Waals surface area contributed by atoms with Crippen molar-refractivity contribution in [2.75, 3.05) is 0 Å². The van der Waals surface area contributed by atoms with E-state index in [4.69, 9.17) is 5.11 Å². The number of benzene rings is 1. The SMILES string of the molecule is C=C(\C(C)=C/N=C(C)/C=C/C(=O)O)c1cc2c(cc1C)C(C)(C)CCC2(C)C. The van der Waals surface area contributed by atoms with Crippen molar-refractivity contribution in [3.05, 3.63) is 64.9 Å². The molecule has 0 saturated heterocycles. The van der Waals surface area contributed by atoms with Crippen molar-refractivity contribution in [2.24, 2.45) is 4.99 Å². The summed E-state index contributed by atoms with van der Waals surface area (Å²) in [5.74, 6) is -0.977. The Morgan fingerprint density at radius 1 is 1.07 bits per heavy atom. The van der Waals surface area contributed by atoms with Gasteiger partial charge in [0.2, 0.25) is 0 Å². The largest absolute Gasteiger partial charge is 0.478 e. The monoisotopic (exact) mass is 379 g/mol. The Balaban J connectivity index is 2.43. The Hall–Kier alpha value is -2.42. The van der Waals surface area contributed by atoms with E-state index in [0.717, 1.165) is 22.8 Å². The molecule has 1 aliphatic rings. The Labute approximate surface area is 169 Å². The zero-order valence-electron chi connectivity index (χ0n) is 18.3. The van der Waals surface area contributed by atoms with E-state index >= 15 is 0 Å². The van der Waals surface area contributed by atoms with Gasteiger partial charge in [-0.05, 0) is 83.9 Å². The first-order valence-electron chi connectivity index (χ1n) is 9.82. The number of aliphatic carboxylic acids is 1. The van der Waals surface area contributed by atoms with Crippen molar-refractivity contribution in [1.29, 1.82) is 0 Å². The molecule has 1 aromatic rings. The highest BCUT2D eigenvalue weighted by Crippen LogP contribution is 2.47. The number of fused-ring (bicyclic) bond motifs is 1. The second kappa shape index (κ2) is 7.90. The second-order valence-electron chi connectivity index (χ2n) is 9.21. The molecule has 150 valence electrons. The van der Waals surface area contributed by atoms with Gasteiger partial charge in [0.25, 0.3) is 0 Å². The Bertz CT molecular complexity index is 895. The third kappa shape index (κ3) is 4.70. The molecule has 0 unspecified atom stereocenters. The molecule has 0 saturated carbocycles. The molecule has 0 fully saturated rings. The van der Waals surface area contributed by atoms with Crippen LogP contribution < -0.4 is 0 Å². The maximum absolute atomic E-state index is 10.6. The Kier molecular flexibility index (Phi) is 6.18. The van der Waals surface area contributed by atoms with Crippen LogP contribution in [-0.2, 0) is 15.6 Å². The third-order valence-electron chi connectivity index (χ3n) is 5.93. The highest BCUT2D eigenvalue weighted by atomic mass is 16.4. The van der Waals surface area contributed by atoms with Gasteiger partial charge in [0.1, 0.15) is 0 Å². The molecule has 3 nitrogen and oxygen atoms in total. The van der Waals surface area contributed by atoms with E-state index in [9.17, 15) is 4.79 Å². The van der Waals surface area contributed by atoms with Gasteiger partial charge in [-0.25, -0.2) is 4.79 Å². The maximum Gasteiger partial charge on any atom is 0.328 e. The van der Waals surface area contributed by atoms with Gasteiger partial charge in [0, 0.05) is 18.0 Å². The summed E-state index contributed by atoms with van der Waals surface area (Å²) in [5, 5.41) is 8.71. The third-order valence-corrected chi connectivity index (χ3v) is 5.93. The van der Waals surface area contributed by atoms with E-state index in [-0.39, 0.29) is 10.8 Å². The molecule has 0 aromatic heterocycles. The van der Waals surface area contributed by atoms with E-state index in [1.54, 1.807) is 13.1 Å². The van der Waals surface area contributed by atoms with Gasteiger partial charge in [-0.15, -0.1) is 0 Å². The lowest BCUT2D eigenvalue weighted by molar-refractivity contribution is -0.131. The summed E-state index contributed by atoms with van der Waals surface area (Å²) >= 11 is 0. The van der Waals surface area contributed by atoms with Crippen LogP contribution in [0, 0.1) is 6.92 Å². The minimum absolute atomic E-state index is 0.154. The van der Waals surface area contributed by atoms with E-state index in [1.165, 1.54) is 35.6 Å². The zero-order valence-corrected chi connectivity index (χ0v) is 18.3. The first-order valence-corrected chi connectivity index (χ1v) is 9.82. The number of aliphatic imine (C=N–C) groups is 1. The molecule has 2 rings (SSSR count). The fourth-order valence-electron chi connectivity index (χ4n) is 3.77. The van der Waals surface area contributed by atoms with Crippen molar-refractivity contribution in [2.45, 2.75) is 72.1 Å². The topological polar surface area (TPSA) is 49.7 Å². The number of hydrogen-bond acceptors (Lipinski definition) is 2. The summed E-state index contributed by atoms with van der Waals surface area (Å²) in [6.45, 7) is 19.6. The molecule has 28 heavy (non-hydrogen) atoms. The fraction of sp³-hybridized carbons (Fsp3) is 0.440. The molecule has 1 N–H and O–H groups in total. The standard InChI is InChI=1S/C25H33NO2/c1-16-13-21-22(25(7,8)12-11-24(21,5)6)14-20(16)19(4)17(2)15-26-18(3)9-10-23(27)28/h9-10,13-15H,4,11-12H2,1-3,5-8H3,(H,27,28)/b10-9+,17-15-,26-18+. The average molecular weight is 380 g/mol. The number of hydrogen-bond donors (Lipinski definition) is 1. The molecular formula is C25H33NO2. The lowest BCUT2D eigenvalue weighted by Gasteiger charge is -2.42. The smallest absolute Gasteiger partial charge is 0.328 e. The van der Waals surface area contributed by atoms with Crippen LogP contribution in [-0.4, -0.2) is 16.8 Å². The first-order chi connectivity index (χ1) is 12.8. The number of rotatable bonds is 5. The molecule has 1 aliphatic carbocycles. The first kappa shape index (κ1) is 21.9. The normalized spacial score (nSPS) is 18.8. The van der Waals surface area contributed by atoms with Crippen LogP contribution in [0.5, 0.6) is 0 Å². The van der Waals surface area contributed by atoms with E-state index in [2.05, 4.69) is 58.3 Å². The molecule has 0 bridgehead atoms. The van der Waals surface area contributed by atoms with Gasteiger partial charge < -0.3 is 5.11 Å². The number of allylic oxidation sites excluding steroid dienone is 3. The predicted octanol–water partition coefficient (Wildman–Crippen LogP) is 6.36. The van der Waals surface area contributed by atoms with Gasteiger partial charge in [0.05, 0.1) is 0 Å². The van der Waals surface area contributed by atoms with Crippen molar-refractivity contribution < 1.29 is 9.90 Å². The molecule has 0 heterocycles. The quantitative estimate of drug-likeness (QED) is 0.367. The van der Waals surface area contributed by atoms with Crippen LogP contribution in [0.2, 0.25) is 0 Å². The summed E-state index contributed by atoms with van der Waals surface area (Å²) in [5.41, 5.74) is 8.17. The molecule has 1 aromatic carbocycles. The minimum Gasteiger partial charge on any atom is -0.478 e. The minimum atomic E-state index is -0.977. The van der Waals surface area contributed by atoms with Gasteiger partial charge in [-0.1, -0.05) is 46.4 Å². The lowest BCUT2D eigenvalue weighted by Crippen LogP contribution is -2.34. The lowest BCUT2D eigenvalue weighted by atomic mass is 9.62. The van der Waals surface area contributed by atoms with Gasteiger partial charge >= 0.3 is 5.97 Å². The summed E-state index contributed by atoms with van der Waals surface area (Å²) in [7, 11) is 0. The summed E-state index contributed by atoms with van der Waals surface area (Å²) in [6.07, 6.45) is 6.72. The van der Waals surface area contributed by atoms with Crippen LogP contribution >= 0.6 is 0 Å². The zero-order chi connectivity index (χ0) is 21.3. The van der Waals surface area contributed by atoms with Gasteiger partial charge in [0.15, 0.2) is 0 Å². The summed E-state index contributed by atoms with van der Waals surface area (Å²) < 4.78 is 0.